The zero-order valence-corrected chi connectivity index (χ0v) is 88.2. The smallest absolute Gasteiger partial charge is 0.410 e. The molecule has 16 rings (SSSR count). The largest absolute Gasteiger partial charge is 0.496 e. The number of furan rings is 4. The Morgan fingerprint density at radius 1 is 0.430 bits per heavy atom. The number of piperazine rings is 3. The number of anilines is 4. The molecule has 7 aliphatic rings. The topological polar surface area (TPSA) is 315 Å². The fourth-order valence-electron chi connectivity index (χ4n) is 21.8. The van der Waals surface area contributed by atoms with Gasteiger partial charge >= 0.3 is 24.0 Å². The highest BCUT2D eigenvalue weighted by atomic mass is 16.6. The second-order valence-corrected chi connectivity index (χ2v) is 39.5. The molecule has 2 amide bonds. The maximum Gasteiger partial charge on any atom is 0.410 e. The van der Waals surface area contributed by atoms with Crippen LogP contribution in [0.3, 0.4) is 0 Å². The Morgan fingerprint density at radius 3 is 1.04 bits per heavy atom. The molecular formula is C110H158N12O20. The minimum atomic E-state index is -0.506. The number of carbonyl (C=O) groups excluding carboxylic acids is 6. The van der Waals surface area contributed by atoms with Gasteiger partial charge in [0, 0.05) is 268 Å². The number of pyridine rings is 1. The monoisotopic (exact) mass is 1970 g/mol. The van der Waals surface area contributed by atoms with Crippen LogP contribution in [0.2, 0.25) is 0 Å². The van der Waals surface area contributed by atoms with E-state index in [9.17, 15) is 33.6 Å². The number of rotatable bonds is 32. The van der Waals surface area contributed by atoms with Crippen molar-refractivity contribution in [1.82, 2.24) is 39.7 Å². The Balaban J connectivity index is 0.000000161. The Morgan fingerprint density at radius 2 is 0.739 bits per heavy atom. The van der Waals surface area contributed by atoms with Crippen LogP contribution in [0.15, 0.2) is 77.1 Å². The van der Waals surface area contributed by atoms with Crippen molar-refractivity contribution >= 4 is 103 Å². The minimum Gasteiger partial charge on any atom is -0.496 e. The molecule has 0 unspecified atom stereocenters. The van der Waals surface area contributed by atoms with Crippen LogP contribution in [0.4, 0.5) is 27.5 Å². The summed E-state index contributed by atoms with van der Waals surface area (Å²) in [6.07, 6.45) is 10.9. The number of amides is 2. The van der Waals surface area contributed by atoms with Gasteiger partial charge in [-0.1, -0.05) is 27.7 Å². The van der Waals surface area contributed by atoms with E-state index in [2.05, 4.69) is 155 Å². The van der Waals surface area contributed by atoms with Crippen LogP contribution in [0.1, 0.15) is 258 Å². The molecule has 32 heteroatoms. The Labute approximate surface area is 838 Å². The quantitative estimate of drug-likeness (QED) is 0.0225. The van der Waals surface area contributed by atoms with Crippen LogP contribution in [-0.2, 0) is 89.8 Å². The molecule has 12 heterocycles. The standard InChI is InChI=1S/C34H49N5O5.C29H43N3O6.C27H41N3O4.C20H25NO5/c1-7-26-29(39(8-2)24-9-15-43-16-10-24)19-31-27(18-25(44-31)21-37-11-13-38(14-12-37)22(3)4)32(26)34(41)35-20-28-30(42-6)17-23(5)36-33(28)40;1-7-22-24(32(8-2)20-9-15-36-16-10-20)18-25-23(26(22)27(33)35-6)17-21(37-25)19-30-11-13-31(14-12-30)28(34)38-29(3,4)5;1-6-22-24(30(7-2)20-8-14-33-15-9-20)17-25-23(26(22)27(31)32-5)16-21(34-25)18-28-10-12-29(13-11-28)19(3)4;1-4-15-17(21(5-2)13-6-8-25-9-7-13)11-18-16(10-14(12-22)26-18)19(15)20(23)24-3/h17-19,22,24H,7-16,20-21H2,1-6H3,(H,35,41)(H,36,40);17-18,20H,7-16,19H2,1-6H3;16-17,19-20H,6-15,18H2,1-5H3;10-13H,4-9H2,1-3H3. The highest BCUT2D eigenvalue weighted by Crippen LogP contribution is 2.44. The normalized spacial score (nSPS) is 17.2. The summed E-state index contributed by atoms with van der Waals surface area (Å²) in [6.45, 7) is 55.7. The molecule has 0 aliphatic carbocycles. The zero-order valence-electron chi connectivity index (χ0n) is 88.2. The Kier molecular flexibility index (Phi) is 38.9. The number of aromatic amines is 1. The molecule has 0 bridgehead atoms. The van der Waals surface area contributed by atoms with Gasteiger partial charge in [0.15, 0.2) is 12.0 Å². The highest BCUT2D eigenvalue weighted by Gasteiger charge is 2.37. The summed E-state index contributed by atoms with van der Waals surface area (Å²) < 4.78 is 73.8. The molecule has 4 aromatic carbocycles. The number of aldehydes is 1. The fraction of sp³-hybridized carbons (Fsp3) is 0.609. The van der Waals surface area contributed by atoms with E-state index in [1.165, 1.54) is 28.4 Å². The summed E-state index contributed by atoms with van der Waals surface area (Å²) in [5.41, 5.74) is 13.5. The summed E-state index contributed by atoms with van der Waals surface area (Å²) in [7, 11) is 5.80. The summed E-state index contributed by atoms with van der Waals surface area (Å²) >= 11 is 0. The zero-order chi connectivity index (χ0) is 102. The number of ether oxygens (including phenoxy) is 9. The van der Waals surface area contributed by atoms with Crippen molar-refractivity contribution in [3.8, 4) is 5.75 Å². The summed E-state index contributed by atoms with van der Waals surface area (Å²) in [5.74, 6) is 1.97. The highest BCUT2D eigenvalue weighted by molar-refractivity contribution is 6.11. The number of nitrogens with one attached hydrogen (secondary N) is 2. The number of esters is 3. The van der Waals surface area contributed by atoms with Gasteiger partial charge in [0.05, 0.1) is 82.4 Å². The van der Waals surface area contributed by atoms with Crippen molar-refractivity contribution in [3.05, 3.63) is 144 Å². The van der Waals surface area contributed by atoms with Crippen LogP contribution in [0.25, 0.3) is 43.9 Å². The average molecular weight is 1970 g/mol. The van der Waals surface area contributed by atoms with E-state index in [1.54, 1.807) is 24.0 Å². The molecular weight excluding hydrogens is 1810 g/mol. The van der Waals surface area contributed by atoms with Crippen LogP contribution in [-0.4, -0.2) is 298 Å². The second-order valence-electron chi connectivity index (χ2n) is 39.5. The van der Waals surface area contributed by atoms with Crippen molar-refractivity contribution in [2.24, 2.45) is 0 Å². The first-order valence-corrected chi connectivity index (χ1v) is 52.1. The molecule has 9 aromatic rings. The van der Waals surface area contributed by atoms with Gasteiger partial charge in [0.25, 0.3) is 11.5 Å². The van der Waals surface area contributed by atoms with Gasteiger partial charge in [-0.25, -0.2) is 19.2 Å². The molecule has 32 nitrogen and oxygen atoms in total. The molecule has 7 fully saturated rings. The van der Waals surface area contributed by atoms with Gasteiger partial charge in [0.1, 0.15) is 51.0 Å². The number of hydrogen-bond donors (Lipinski definition) is 2. The molecule has 142 heavy (non-hydrogen) atoms. The lowest BCUT2D eigenvalue weighted by Gasteiger charge is -2.37. The van der Waals surface area contributed by atoms with E-state index in [1.807, 2.05) is 45.9 Å². The first-order valence-electron chi connectivity index (χ1n) is 52.1. The molecule has 7 aliphatic heterocycles. The number of fused-ring (bicyclic) bond motifs is 4. The fourth-order valence-corrected chi connectivity index (χ4v) is 21.8. The third-order valence-electron chi connectivity index (χ3n) is 29.2. The summed E-state index contributed by atoms with van der Waals surface area (Å²) in [4.78, 5) is 115. The van der Waals surface area contributed by atoms with Gasteiger partial charge in [-0.2, -0.15) is 0 Å². The number of carbonyl (C=O) groups is 6. The molecule has 5 aromatic heterocycles. The number of H-pyrrole nitrogens is 1. The van der Waals surface area contributed by atoms with E-state index in [-0.39, 0.29) is 41.8 Å². The Bertz CT molecular complexity index is 5780. The maximum atomic E-state index is 14.2. The number of aromatic nitrogens is 1. The lowest BCUT2D eigenvalue weighted by Crippen LogP contribution is -2.49. The third kappa shape index (κ3) is 25.8. The van der Waals surface area contributed by atoms with E-state index < -0.39 is 11.6 Å². The molecule has 0 radical (unpaired) electrons. The molecule has 0 saturated carbocycles. The minimum absolute atomic E-state index is 0.0504. The van der Waals surface area contributed by atoms with E-state index >= 15 is 0 Å². The maximum absolute atomic E-state index is 14.2. The predicted octanol–water partition coefficient (Wildman–Crippen LogP) is 17.2. The molecule has 0 atom stereocenters. The Hall–Kier alpha value is -10.6. The van der Waals surface area contributed by atoms with Crippen molar-refractivity contribution in [2.45, 2.75) is 256 Å². The SMILES string of the molecule is CCc1c(N(CC)C2CCOCC2)cc2oc(C=O)cc2c1C(=O)OC.CCc1c(N(CC)C2CCOCC2)cc2oc(CN3CCN(C(=O)OC(C)(C)C)CC3)cc2c1C(=O)OC.CCc1c(N(CC)C2CCOCC2)cc2oc(CN3CCN(C(C)C)CC3)cc2c1C(=O)NCc1c(OC)cc(C)[nH]c1=O.CCc1c(N(CC)C2CCOCC2)cc2oc(CN3CCN(C(C)C)CC3)cc2c1C(=O)OC. The van der Waals surface area contributed by atoms with Gasteiger partial charge in [-0.15, -0.1) is 0 Å². The van der Waals surface area contributed by atoms with Crippen molar-refractivity contribution in [3.63, 3.8) is 0 Å². The van der Waals surface area contributed by atoms with Crippen LogP contribution in [0.5, 0.6) is 5.75 Å². The van der Waals surface area contributed by atoms with Gasteiger partial charge in [-0.3, -0.25) is 38.9 Å². The van der Waals surface area contributed by atoms with Crippen LogP contribution < -0.4 is 35.2 Å². The number of aryl methyl sites for hydroxylation is 1. The number of nitrogens with zero attached hydrogens (tertiary/aromatic N) is 10. The third-order valence-corrected chi connectivity index (χ3v) is 29.2. The molecule has 778 valence electrons. The van der Waals surface area contributed by atoms with Crippen molar-refractivity contribution < 1.29 is 89.1 Å². The van der Waals surface area contributed by atoms with E-state index in [0.717, 1.165) is 298 Å². The first kappa shape index (κ1) is 109. The average Bonchev–Trinajstić information content (AvgIpc) is 1.58. The molecule has 2 N–H and O–H groups in total. The van der Waals surface area contributed by atoms with Gasteiger partial charge in [0.2, 0.25) is 0 Å². The number of hydrogen-bond acceptors (Lipinski definition) is 29. The van der Waals surface area contributed by atoms with Crippen molar-refractivity contribution in [2.75, 3.05) is 206 Å². The number of methoxy groups -OCH3 is 4. The predicted molar refractivity (Wildman–Crippen MR) is 556 cm³/mol. The van der Waals surface area contributed by atoms with Gasteiger partial charge in [-0.05, 0) is 213 Å². The van der Waals surface area contributed by atoms with E-state index in [0.29, 0.717) is 144 Å². The van der Waals surface area contributed by atoms with Crippen LogP contribution >= 0.6 is 0 Å². The summed E-state index contributed by atoms with van der Waals surface area (Å²) in [5, 5.41) is 6.15. The number of benzene rings is 4. The molecule has 0 spiro atoms. The van der Waals surface area contributed by atoms with Crippen LogP contribution in [0, 0.1) is 6.92 Å². The van der Waals surface area contributed by atoms with Gasteiger partial charge < -0.3 is 95.1 Å². The first-order chi connectivity index (χ1) is 68.5. The second kappa shape index (κ2) is 50.8. The lowest BCUT2D eigenvalue weighted by atomic mass is 9.95. The van der Waals surface area contributed by atoms with Crippen molar-refractivity contribution in [1.29, 1.82) is 0 Å². The lowest BCUT2D eigenvalue weighted by molar-refractivity contribution is 0.0134. The molecule has 7 saturated heterocycles. The van der Waals surface area contributed by atoms with E-state index in [4.69, 9.17) is 60.3 Å². The summed E-state index contributed by atoms with van der Waals surface area (Å²) in [6, 6.07) is 20.4.